The minimum absolute atomic E-state index is 0.400. The number of terminal acetylenes is 2. The van der Waals surface area contributed by atoms with Gasteiger partial charge < -0.3 is 10.1 Å². The SMILES string of the molecule is C#CCN1CCCC(S(=O)(=O)CC(=O)Nc2c3c(cc4c2CCC4)CCC3)C1.C#CCN1CCCC(S(N)(=O)=O)C1.N#COc1c2c(cc3c1CCC3)CCC2. The van der Waals surface area contributed by atoms with E-state index in [4.69, 9.17) is 28.0 Å². The lowest BCUT2D eigenvalue weighted by Crippen LogP contribution is -2.44. The van der Waals surface area contributed by atoms with E-state index in [0.29, 0.717) is 39.0 Å². The van der Waals surface area contributed by atoms with E-state index in [2.05, 4.69) is 29.3 Å². The third-order valence-electron chi connectivity index (χ3n) is 12.2. The van der Waals surface area contributed by atoms with Crippen molar-refractivity contribution in [2.45, 2.75) is 113 Å². The number of anilines is 1. The Balaban J connectivity index is 0.000000159. The molecule has 6 aliphatic rings. The van der Waals surface area contributed by atoms with Crippen molar-refractivity contribution in [1.82, 2.24) is 9.80 Å². The number of ether oxygens (including phenoxy) is 1. The fraction of sp³-hybridized carbons (Fsp3) is 0.581. The smallest absolute Gasteiger partial charge is 0.292 e. The van der Waals surface area contributed by atoms with Gasteiger partial charge in [0.25, 0.3) is 6.26 Å². The van der Waals surface area contributed by atoms with E-state index in [1.807, 2.05) is 16.1 Å². The quantitative estimate of drug-likeness (QED) is 0.297. The van der Waals surface area contributed by atoms with Gasteiger partial charge in [-0.25, -0.2) is 22.0 Å². The third kappa shape index (κ3) is 9.96. The van der Waals surface area contributed by atoms with Gasteiger partial charge in [0, 0.05) is 18.8 Å². The summed E-state index contributed by atoms with van der Waals surface area (Å²) >= 11 is 0. The lowest BCUT2D eigenvalue weighted by atomic mass is 9.98. The number of carbonyl (C=O) groups is 1. The van der Waals surface area contributed by atoms with Gasteiger partial charge >= 0.3 is 0 Å². The van der Waals surface area contributed by atoms with E-state index < -0.39 is 42.0 Å². The lowest BCUT2D eigenvalue weighted by Gasteiger charge is -2.30. The summed E-state index contributed by atoms with van der Waals surface area (Å²) in [7, 11) is -6.89. The second-order valence-corrected chi connectivity index (χ2v) is 20.1. The molecule has 2 unspecified atom stereocenters. The Morgan fingerprint density at radius 2 is 1.18 bits per heavy atom. The standard InChI is InChI=1S/C22H28N2O3S.C13H13NO.C8H14N2O2S/c1-2-11-24-12-5-8-18(14-24)28(26,27)15-21(25)23-22-19-9-3-6-16(19)13-17-7-4-10-20(17)22;14-8-15-13-11-5-1-3-9(11)7-10-4-2-6-12(10)13;1-2-5-10-6-3-4-8(7-10)13(9,11)12/h1,13,18H,3-12,14-15H2,(H,23,25);7H,1-6H2;1,8H,3-7H2,(H2,9,11,12). The minimum atomic E-state index is -3.50. The van der Waals surface area contributed by atoms with Crippen molar-refractivity contribution in [3.05, 3.63) is 56.6 Å². The first-order valence-electron chi connectivity index (χ1n) is 20.1. The number of hydrogen-bond acceptors (Lipinski definition) is 9. The highest BCUT2D eigenvalue weighted by molar-refractivity contribution is 7.92. The Morgan fingerprint density at radius 3 is 1.64 bits per heavy atom. The molecule has 8 rings (SSSR count). The first-order valence-corrected chi connectivity index (χ1v) is 23.5. The van der Waals surface area contributed by atoms with E-state index in [-0.39, 0.29) is 0 Å². The van der Waals surface area contributed by atoms with Gasteiger partial charge in [-0.2, -0.15) is 0 Å². The zero-order chi connectivity index (χ0) is 39.9. The Kier molecular flexibility index (Phi) is 13.8. The molecular formula is C43H55N5O6S2. The van der Waals surface area contributed by atoms with Crippen molar-refractivity contribution < 1.29 is 26.4 Å². The van der Waals surface area contributed by atoms with Crippen LogP contribution in [-0.4, -0.2) is 88.1 Å². The summed E-state index contributed by atoms with van der Waals surface area (Å²) < 4.78 is 53.0. The number of sulfone groups is 1. The zero-order valence-electron chi connectivity index (χ0n) is 32.4. The summed E-state index contributed by atoms with van der Waals surface area (Å²) in [6.07, 6.45) is 28.4. The Morgan fingerprint density at radius 1 is 0.732 bits per heavy atom. The molecule has 2 saturated heterocycles. The number of amides is 1. The van der Waals surface area contributed by atoms with Gasteiger partial charge in [-0.15, -0.1) is 18.1 Å². The predicted octanol–water partition coefficient (Wildman–Crippen LogP) is 4.01. The van der Waals surface area contributed by atoms with Crippen molar-refractivity contribution >= 4 is 31.5 Å². The second kappa shape index (κ2) is 18.6. The zero-order valence-corrected chi connectivity index (χ0v) is 34.0. The van der Waals surface area contributed by atoms with E-state index in [1.165, 1.54) is 57.3 Å². The molecule has 2 aromatic carbocycles. The monoisotopic (exact) mass is 801 g/mol. The maximum absolute atomic E-state index is 12.9. The maximum Gasteiger partial charge on any atom is 0.292 e. The first-order chi connectivity index (χ1) is 26.9. The average molecular weight is 802 g/mol. The second-order valence-electron chi connectivity index (χ2n) is 16.0. The van der Waals surface area contributed by atoms with Crippen LogP contribution in [0.25, 0.3) is 0 Å². The van der Waals surface area contributed by atoms with Crippen LogP contribution in [0.15, 0.2) is 12.1 Å². The number of sulfonamides is 1. The number of nitrogens with zero attached hydrogens (tertiary/aromatic N) is 3. The number of piperidine rings is 2. The molecular weight excluding hydrogens is 747 g/mol. The van der Waals surface area contributed by atoms with Crippen molar-refractivity contribution in [1.29, 1.82) is 5.26 Å². The number of benzene rings is 2. The molecule has 13 heteroatoms. The van der Waals surface area contributed by atoms with Crippen LogP contribution in [0.5, 0.6) is 5.75 Å². The number of aryl methyl sites for hydroxylation is 4. The highest BCUT2D eigenvalue weighted by Crippen LogP contribution is 2.40. The molecule has 0 aromatic heterocycles. The molecule has 11 nitrogen and oxygen atoms in total. The Labute approximate surface area is 333 Å². The first kappa shape index (κ1) is 41.7. The highest BCUT2D eigenvalue weighted by Gasteiger charge is 2.33. The molecule has 2 aliphatic heterocycles. The van der Waals surface area contributed by atoms with Crippen LogP contribution in [0.3, 0.4) is 0 Å². The Bertz CT molecular complexity index is 2080. The summed E-state index contributed by atoms with van der Waals surface area (Å²) in [4.78, 5) is 16.7. The van der Waals surface area contributed by atoms with E-state index in [0.717, 1.165) is 102 Å². The van der Waals surface area contributed by atoms with Gasteiger partial charge in [-0.05, 0) is 160 Å². The van der Waals surface area contributed by atoms with Crippen LogP contribution in [-0.2, 0) is 76.0 Å². The van der Waals surface area contributed by atoms with Gasteiger partial charge in [0.2, 0.25) is 15.9 Å². The van der Waals surface area contributed by atoms with E-state index in [1.54, 1.807) is 0 Å². The number of nitrogens with two attached hydrogens (primary N) is 1. The van der Waals surface area contributed by atoms with Crippen LogP contribution < -0.4 is 15.2 Å². The summed E-state index contributed by atoms with van der Waals surface area (Å²) in [6, 6.07) is 4.65. The summed E-state index contributed by atoms with van der Waals surface area (Å²) in [5.74, 6) is 5.14. The van der Waals surface area contributed by atoms with Crippen LogP contribution in [0, 0.1) is 36.2 Å². The molecule has 0 bridgehead atoms. The largest absolute Gasteiger partial charge is 0.387 e. The number of rotatable bonds is 8. The fourth-order valence-corrected chi connectivity index (χ4v) is 12.1. The van der Waals surface area contributed by atoms with Crippen LogP contribution in [0.4, 0.5) is 5.69 Å². The van der Waals surface area contributed by atoms with Gasteiger partial charge in [0.1, 0.15) is 11.5 Å². The number of nitriles is 1. The van der Waals surface area contributed by atoms with E-state index >= 15 is 0 Å². The van der Waals surface area contributed by atoms with Gasteiger partial charge in [-0.3, -0.25) is 14.6 Å². The number of nitrogens with one attached hydrogen (secondary N) is 1. The van der Waals surface area contributed by atoms with Gasteiger partial charge in [0.05, 0.1) is 23.6 Å². The molecule has 2 atom stereocenters. The summed E-state index contributed by atoms with van der Waals surface area (Å²) in [5.41, 5.74) is 11.5. The fourth-order valence-electron chi connectivity index (χ4n) is 9.51. The molecule has 1 amide bonds. The molecule has 4 aliphatic carbocycles. The molecule has 0 saturated carbocycles. The highest BCUT2D eigenvalue weighted by atomic mass is 32.2. The molecule has 0 radical (unpaired) electrons. The van der Waals surface area contributed by atoms with Crippen LogP contribution in [0.1, 0.15) is 95.9 Å². The van der Waals surface area contributed by atoms with Gasteiger partial charge in [0.15, 0.2) is 9.84 Å². The summed E-state index contributed by atoms with van der Waals surface area (Å²) in [5, 5.41) is 15.8. The number of likely N-dealkylation sites (tertiary alicyclic amines) is 2. The van der Waals surface area contributed by atoms with E-state index in [9.17, 15) is 21.6 Å². The minimum Gasteiger partial charge on any atom is -0.387 e. The third-order valence-corrected chi connectivity index (χ3v) is 15.5. The maximum atomic E-state index is 12.9. The molecule has 0 spiro atoms. The van der Waals surface area contributed by atoms with Crippen molar-refractivity contribution in [2.24, 2.45) is 5.14 Å². The summed E-state index contributed by atoms with van der Waals surface area (Å²) in [6.45, 7) is 3.56. The molecule has 3 N–H and O–H groups in total. The normalized spacial score (nSPS) is 21.3. The van der Waals surface area contributed by atoms with Crippen molar-refractivity contribution in [2.75, 3.05) is 50.3 Å². The van der Waals surface area contributed by atoms with Gasteiger partial charge in [-0.1, -0.05) is 24.0 Å². The molecule has 2 aromatic rings. The van der Waals surface area contributed by atoms with Crippen LogP contribution >= 0.6 is 0 Å². The van der Waals surface area contributed by atoms with Crippen molar-refractivity contribution in [3.63, 3.8) is 0 Å². The topological polar surface area (TPSA) is 163 Å². The number of primary sulfonamides is 1. The molecule has 2 heterocycles. The Hall–Kier alpha value is -3.90. The number of fused-ring (bicyclic) bond motifs is 4. The lowest BCUT2D eigenvalue weighted by molar-refractivity contribution is -0.113. The van der Waals surface area contributed by atoms with Crippen LogP contribution in [0.2, 0.25) is 0 Å². The molecule has 2 fully saturated rings. The average Bonchev–Trinajstić information content (AvgIpc) is 4.00. The number of carbonyl (C=O) groups excluding carboxylic acids is 1. The predicted molar refractivity (Wildman–Crippen MR) is 219 cm³/mol. The molecule has 300 valence electrons. The number of hydrogen-bond donors (Lipinski definition) is 2. The van der Waals surface area contributed by atoms with Crippen molar-refractivity contribution in [3.8, 4) is 36.7 Å². The molecule has 56 heavy (non-hydrogen) atoms.